The zero-order chi connectivity index (χ0) is 23.8. The number of hydrogen-bond donors (Lipinski definition) is 1. The van der Waals surface area contributed by atoms with E-state index in [0.717, 1.165) is 87.2 Å². The van der Waals surface area contributed by atoms with Crippen LogP contribution >= 0.6 is 0 Å². The summed E-state index contributed by atoms with van der Waals surface area (Å²) in [6.07, 6.45) is 4.52. The summed E-state index contributed by atoms with van der Waals surface area (Å²) >= 11 is 0. The first kappa shape index (κ1) is 22.4. The summed E-state index contributed by atoms with van der Waals surface area (Å²) in [4.78, 5) is 4.94. The molecule has 0 bridgehead atoms. The third kappa shape index (κ3) is 4.26. The second-order valence-electron chi connectivity index (χ2n) is 10.1. The molecule has 2 aromatic carbocycles. The highest BCUT2D eigenvalue weighted by Gasteiger charge is 2.30. The molecule has 7 heteroatoms. The van der Waals surface area contributed by atoms with E-state index in [1.54, 1.807) is 0 Å². The zero-order valence-corrected chi connectivity index (χ0v) is 20.4. The molecule has 0 amide bonds. The molecule has 0 saturated carbocycles. The van der Waals surface area contributed by atoms with Gasteiger partial charge in [-0.25, -0.2) is 0 Å². The minimum atomic E-state index is 0.0167. The van der Waals surface area contributed by atoms with E-state index in [-0.39, 0.29) is 6.29 Å². The Morgan fingerprint density at radius 3 is 2.29 bits per heavy atom. The Morgan fingerprint density at radius 2 is 1.60 bits per heavy atom. The number of nitriles is 1. The Bertz CT molecular complexity index is 1210. The fraction of sp³-hybridized carbons (Fsp3) is 0.500. The fourth-order valence-electron chi connectivity index (χ4n) is 6.12. The summed E-state index contributed by atoms with van der Waals surface area (Å²) in [6.45, 7) is 7.67. The lowest BCUT2D eigenvalue weighted by molar-refractivity contribution is -0.0889. The SMILES string of the molecule is Cc1ccc(N2CCC(c3ccc(N4CCC(C5OCCO5)CC4)cc3)CC2)c2[nH]nc(C#N)c12. The van der Waals surface area contributed by atoms with Gasteiger partial charge in [0.05, 0.1) is 24.4 Å². The maximum atomic E-state index is 9.41. The zero-order valence-electron chi connectivity index (χ0n) is 20.4. The van der Waals surface area contributed by atoms with Crippen LogP contribution in [0.5, 0.6) is 0 Å². The predicted molar refractivity (Wildman–Crippen MR) is 137 cm³/mol. The third-order valence-corrected chi connectivity index (χ3v) is 8.15. The summed E-state index contributed by atoms with van der Waals surface area (Å²) in [5, 5.41) is 17.7. The number of piperidine rings is 2. The Labute approximate surface area is 206 Å². The van der Waals surface area contributed by atoms with E-state index in [1.807, 2.05) is 6.92 Å². The summed E-state index contributed by atoms with van der Waals surface area (Å²) in [5.41, 5.74) is 6.49. The van der Waals surface area contributed by atoms with E-state index < -0.39 is 0 Å². The number of hydrogen-bond acceptors (Lipinski definition) is 6. The molecule has 3 aliphatic rings. The average molecular weight is 472 g/mol. The molecule has 6 rings (SSSR count). The van der Waals surface area contributed by atoms with Gasteiger partial charge in [-0.2, -0.15) is 10.4 Å². The van der Waals surface area contributed by atoms with Gasteiger partial charge in [-0.1, -0.05) is 18.2 Å². The number of nitrogens with zero attached hydrogens (tertiary/aromatic N) is 4. The molecular weight excluding hydrogens is 438 g/mol. The lowest BCUT2D eigenvalue weighted by Gasteiger charge is -2.36. The molecule has 35 heavy (non-hydrogen) atoms. The molecule has 1 aromatic heterocycles. The molecule has 3 fully saturated rings. The standard InChI is InChI=1S/C28H33N5O2/c1-19-2-7-25(27-26(19)24(18-29)30-31-27)33-14-8-21(9-15-33)20-3-5-23(6-4-20)32-12-10-22(11-13-32)28-34-16-17-35-28/h2-7,21-22,28H,8-17H2,1H3,(H,30,31). The highest BCUT2D eigenvalue weighted by molar-refractivity contribution is 5.96. The normalized spacial score (nSPS) is 20.6. The van der Waals surface area contributed by atoms with Gasteiger partial charge in [-0.05, 0) is 67.9 Å². The van der Waals surface area contributed by atoms with Crippen molar-refractivity contribution >= 4 is 22.3 Å². The number of H-pyrrole nitrogens is 1. The molecule has 0 unspecified atom stereocenters. The Hall–Kier alpha value is -3.08. The lowest BCUT2D eigenvalue weighted by Crippen LogP contribution is -2.38. The van der Waals surface area contributed by atoms with E-state index in [1.165, 1.54) is 11.3 Å². The van der Waals surface area contributed by atoms with Crippen LogP contribution in [0.4, 0.5) is 11.4 Å². The van der Waals surface area contributed by atoms with Gasteiger partial charge in [0, 0.05) is 43.2 Å². The van der Waals surface area contributed by atoms with Gasteiger partial charge in [0.1, 0.15) is 6.07 Å². The number of rotatable bonds is 4. The molecular formula is C28H33N5O2. The number of ether oxygens (including phenoxy) is 2. The number of aromatic nitrogens is 2. The van der Waals surface area contributed by atoms with E-state index in [0.29, 0.717) is 17.5 Å². The van der Waals surface area contributed by atoms with Gasteiger partial charge >= 0.3 is 0 Å². The van der Waals surface area contributed by atoms with Gasteiger partial charge in [0.2, 0.25) is 0 Å². The van der Waals surface area contributed by atoms with Crippen LogP contribution in [0.25, 0.3) is 10.9 Å². The van der Waals surface area contributed by atoms with Crippen molar-refractivity contribution in [3.05, 3.63) is 53.2 Å². The van der Waals surface area contributed by atoms with E-state index in [4.69, 9.17) is 9.47 Å². The molecule has 0 spiro atoms. The predicted octanol–water partition coefficient (Wildman–Crippen LogP) is 4.72. The van der Waals surface area contributed by atoms with Crippen molar-refractivity contribution in [2.75, 3.05) is 49.2 Å². The van der Waals surface area contributed by atoms with Crippen molar-refractivity contribution in [1.82, 2.24) is 10.2 Å². The molecule has 0 radical (unpaired) electrons. The van der Waals surface area contributed by atoms with Crippen LogP contribution in [0, 0.1) is 24.2 Å². The largest absolute Gasteiger partial charge is 0.372 e. The molecule has 0 atom stereocenters. The number of fused-ring (bicyclic) bond motifs is 1. The summed E-state index contributed by atoms with van der Waals surface area (Å²) < 4.78 is 11.4. The van der Waals surface area contributed by atoms with Gasteiger partial charge in [-0.3, -0.25) is 5.10 Å². The summed E-state index contributed by atoms with van der Waals surface area (Å²) in [7, 11) is 0. The van der Waals surface area contributed by atoms with E-state index in [2.05, 4.69) is 62.5 Å². The monoisotopic (exact) mass is 471 g/mol. The van der Waals surface area contributed by atoms with Crippen molar-refractivity contribution in [3.63, 3.8) is 0 Å². The second kappa shape index (κ2) is 9.52. The molecule has 4 heterocycles. The van der Waals surface area contributed by atoms with Crippen molar-refractivity contribution < 1.29 is 9.47 Å². The Morgan fingerprint density at radius 1 is 0.914 bits per heavy atom. The number of aryl methyl sites for hydroxylation is 1. The van der Waals surface area contributed by atoms with Crippen LogP contribution in [0.1, 0.15) is 48.4 Å². The molecule has 182 valence electrons. The molecule has 3 aromatic rings. The minimum absolute atomic E-state index is 0.0167. The van der Waals surface area contributed by atoms with Crippen molar-refractivity contribution in [2.24, 2.45) is 5.92 Å². The van der Waals surface area contributed by atoms with E-state index >= 15 is 0 Å². The van der Waals surface area contributed by atoms with Crippen molar-refractivity contribution in [3.8, 4) is 6.07 Å². The van der Waals surface area contributed by atoms with Gasteiger partial charge < -0.3 is 19.3 Å². The maximum absolute atomic E-state index is 9.41. The lowest BCUT2D eigenvalue weighted by atomic mass is 9.88. The topological polar surface area (TPSA) is 77.4 Å². The quantitative estimate of drug-likeness (QED) is 0.594. The van der Waals surface area contributed by atoms with Crippen LogP contribution < -0.4 is 9.80 Å². The van der Waals surface area contributed by atoms with Crippen LogP contribution in [0.2, 0.25) is 0 Å². The van der Waals surface area contributed by atoms with Crippen molar-refractivity contribution in [2.45, 2.75) is 44.8 Å². The first-order chi connectivity index (χ1) is 17.2. The van der Waals surface area contributed by atoms with Crippen LogP contribution in [0.15, 0.2) is 36.4 Å². The summed E-state index contributed by atoms with van der Waals surface area (Å²) in [6, 6.07) is 15.8. The molecule has 1 N–H and O–H groups in total. The highest BCUT2D eigenvalue weighted by atomic mass is 16.7. The maximum Gasteiger partial charge on any atom is 0.170 e. The first-order valence-corrected chi connectivity index (χ1v) is 12.9. The molecule has 3 aliphatic heterocycles. The van der Waals surface area contributed by atoms with Gasteiger partial charge in [0.15, 0.2) is 12.0 Å². The Balaban J connectivity index is 1.07. The van der Waals surface area contributed by atoms with Crippen LogP contribution in [0.3, 0.4) is 0 Å². The van der Waals surface area contributed by atoms with Crippen LogP contribution in [-0.2, 0) is 9.47 Å². The number of nitrogens with one attached hydrogen (secondary N) is 1. The molecule has 0 aliphatic carbocycles. The fourth-order valence-corrected chi connectivity index (χ4v) is 6.12. The Kier molecular flexibility index (Phi) is 6.09. The number of anilines is 2. The van der Waals surface area contributed by atoms with Crippen molar-refractivity contribution in [1.29, 1.82) is 5.26 Å². The number of aromatic amines is 1. The molecule has 7 nitrogen and oxygen atoms in total. The van der Waals surface area contributed by atoms with E-state index in [9.17, 15) is 5.26 Å². The highest BCUT2D eigenvalue weighted by Crippen LogP contribution is 2.36. The first-order valence-electron chi connectivity index (χ1n) is 12.9. The number of benzene rings is 2. The van der Waals surface area contributed by atoms with Gasteiger partial charge in [-0.15, -0.1) is 0 Å². The van der Waals surface area contributed by atoms with Gasteiger partial charge in [0.25, 0.3) is 0 Å². The second-order valence-corrected chi connectivity index (χ2v) is 10.1. The third-order valence-electron chi connectivity index (χ3n) is 8.15. The molecule has 3 saturated heterocycles. The van der Waals surface area contributed by atoms with Crippen LogP contribution in [-0.4, -0.2) is 55.9 Å². The smallest absolute Gasteiger partial charge is 0.170 e. The minimum Gasteiger partial charge on any atom is -0.372 e. The average Bonchev–Trinajstić information content (AvgIpc) is 3.61. The summed E-state index contributed by atoms with van der Waals surface area (Å²) in [5.74, 6) is 1.11.